The number of para-hydroxylation sites is 1. The van der Waals surface area contributed by atoms with Crippen LogP contribution in [0.4, 0.5) is 10.5 Å². The Morgan fingerprint density at radius 3 is 2.56 bits per heavy atom. The fourth-order valence-corrected chi connectivity index (χ4v) is 1.47. The van der Waals surface area contributed by atoms with Gasteiger partial charge in [-0.15, -0.1) is 0 Å². The van der Waals surface area contributed by atoms with E-state index >= 15 is 0 Å². The summed E-state index contributed by atoms with van der Waals surface area (Å²) >= 11 is 0. The van der Waals surface area contributed by atoms with Crippen molar-refractivity contribution in [1.82, 2.24) is 0 Å². The van der Waals surface area contributed by atoms with Crippen molar-refractivity contribution in [3.05, 3.63) is 29.8 Å². The minimum Gasteiger partial charge on any atom is -0.444 e. The van der Waals surface area contributed by atoms with Crippen molar-refractivity contribution in [3.63, 3.8) is 0 Å². The van der Waals surface area contributed by atoms with E-state index in [0.29, 0.717) is 5.69 Å². The summed E-state index contributed by atoms with van der Waals surface area (Å²) in [5, 5.41) is 11.6. The first kappa shape index (κ1) is 14.0. The van der Waals surface area contributed by atoms with Crippen molar-refractivity contribution in [1.29, 1.82) is 5.26 Å². The molecular formula is C14H18N2O2. The van der Waals surface area contributed by atoms with E-state index in [9.17, 15) is 4.79 Å². The maximum Gasteiger partial charge on any atom is 0.412 e. The summed E-state index contributed by atoms with van der Waals surface area (Å²) in [6.45, 7) is 7.19. The molecule has 0 saturated carbocycles. The second kappa shape index (κ2) is 5.54. The molecule has 0 bridgehead atoms. The number of nitrogens with one attached hydrogen (secondary N) is 1. The SMILES string of the molecule is CC(C#N)c1ccccc1NC(=O)OC(C)(C)C. The summed E-state index contributed by atoms with van der Waals surface area (Å²) in [6, 6.07) is 9.37. The molecule has 0 radical (unpaired) electrons. The number of rotatable bonds is 2. The molecule has 18 heavy (non-hydrogen) atoms. The topological polar surface area (TPSA) is 62.1 Å². The molecule has 1 unspecified atom stereocenters. The van der Waals surface area contributed by atoms with Gasteiger partial charge in [-0.3, -0.25) is 5.32 Å². The van der Waals surface area contributed by atoms with E-state index in [1.54, 1.807) is 39.8 Å². The lowest BCUT2D eigenvalue weighted by atomic mass is 10.0. The first-order chi connectivity index (χ1) is 8.33. The van der Waals surface area contributed by atoms with E-state index in [2.05, 4.69) is 11.4 Å². The van der Waals surface area contributed by atoms with Crippen molar-refractivity contribution < 1.29 is 9.53 Å². The number of hydrogen-bond donors (Lipinski definition) is 1. The summed E-state index contributed by atoms with van der Waals surface area (Å²) < 4.78 is 5.18. The maximum atomic E-state index is 11.7. The first-order valence-corrected chi connectivity index (χ1v) is 5.82. The molecule has 1 rings (SSSR count). The average molecular weight is 246 g/mol. The minimum absolute atomic E-state index is 0.281. The zero-order valence-corrected chi connectivity index (χ0v) is 11.2. The predicted molar refractivity (Wildman–Crippen MR) is 70.3 cm³/mol. The Kier molecular flexibility index (Phi) is 4.33. The van der Waals surface area contributed by atoms with Crippen LogP contribution in [0, 0.1) is 11.3 Å². The van der Waals surface area contributed by atoms with Crippen LogP contribution in [0.2, 0.25) is 0 Å². The maximum absolute atomic E-state index is 11.7. The van der Waals surface area contributed by atoms with Crippen LogP contribution in [0.1, 0.15) is 39.2 Å². The fraction of sp³-hybridized carbons (Fsp3) is 0.429. The Morgan fingerprint density at radius 1 is 1.39 bits per heavy atom. The standard InChI is InChI=1S/C14H18N2O2/c1-10(9-15)11-7-5-6-8-12(11)16-13(17)18-14(2,3)4/h5-8,10H,1-4H3,(H,16,17). The zero-order valence-electron chi connectivity index (χ0n) is 11.2. The van der Waals surface area contributed by atoms with Gasteiger partial charge >= 0.3 is 6.09 Å². The zero-order chi connectivity index (χ0) is 13.8. The molecule has 0 aromatic heterocycles. The normalized spacial score (nSPS) is 12.4. The number of carbonyl (C=O) groups excluding carboxylic acids is 1. The molecule has 0 fully saturated rings. The van der Waals surface area contributed by atoms with Crippen molar-refractivity contribution in [2.24, 2.45) is 0 Å². The van der Waals surface area contributed by atoms with Crippen molar-refractivity contribution in [3.8, 4) is 6.07 Å². The molecule has 1 N–H and O–H groups in total. The Morgan fingerprint density at radius 2 is 2.00 bits per heavy atom. The van der Waals surface area contributed by atoms with Crippen molar-refractivity contribution in [2.45, 2.75) is 39.2 Å². The van der Waals surface area contributed by atoms with E-state index in [1.807, 2.05) is 12.1 Å². The molecule has 1 aromatic carbocycles. The van der Waals surface area contributed by atoms with Gasteiger partial charge in [0.15, 0.2) is 0 Å². The summed E-state index contributed by atoms with van der Waals surface area (Å²) in [7, 11) is 0. The molecule has 4 nitrogen and oxygen atoms in total. The van der Waals surface area contributed by atoms with Gasteiger partial charge in [-0.25, -0.2) is 4.79 Å². The highest BCUT2D eigenvalue weighted by Crippen LogP contribution is 2.24. The van der Waals surface area contributed by atoms with Crippen LogP contribution in [-0.4, -0.2) is 11.7 Å². The third-order valence-electron chi connectivity index (χ3n) is 2.26. The number of benzene rings is 1. The second-order valence-electron chi connectivity index (χ2n) is 5.06. The first-order valence-electron chi connectivity index (χ1n) is 5.82. The molecule has 0 heterocycles. The van der Waals surface area contributed by atoms with Crippen LogP contribution in [0.3, 0.4) is 0 Å². The van der Waals surface area contributed by atoms with E-state index in [-0.39, 0.29) is 5.92 Å². The number of ether oxygens (including phenoxy) is 1. The molecule has 0 saturated heterocycles. The largest absolute Gasteiger partial charge is 0.444 e. The minimum atomic E-state index is -0.542. The highest BCUT2D eigenvalue weighted by atomic mass is 16.6. The van der Waals surface area contributed by atoms with Gasteiger partial charge in [-0.1, -0.05) is 18.2 Å². The van der Waals surface area contributed by atoms with Crippen molar-refractivity contribution in [2.75, 3.05) is 5.32 Å². The van der Waals surface area contributed by atoms with Crippen molar-refractivity contribution >= 4 is 11.8 Å². The van der Waals surface area contributed by atoms with Crippen LogP contribution in [-0.2, 0) is 4.74 Å². The quantitative estimate of drug-likeness (QED) is 0.866. The van der Waals surface area contributed by atoms with Gasteiger partial charge in [0, 0.05) is 5.69 Å². The molecule has 0 aliphatic carbocycles. The number of amides is 1. The van der Waals surface area contributed by atoms with E-state index < -0.39 is 11.7 Å². The lowest BCUT2D eigenvalue weighted by molar-refractivity contribution is 0.0636. The third kappa shape index (κ3) is 4.10. The highest BCUT2D eigenvalue weighted by molar-refractivity contribution is 5.86. The van der Waals surface area contributed by atoms with Crippen LogP contribution in [0.5, 0.6) is 0 Å². The second-order valence-corrected chi connectivity index (χ2v) is 5.06. The number of hydrogen-bond acceptors (Lipinski definition) is 3. The fourth-order valence-electron chi connectivity index (χ4n) is 1.47. The molecule has 1 aromatic rings. The van der Waals surface area contributed by atoms with E-state index in [1.165, 1.54) is 0 Å². The van der Waals surface area contributed by atoms with Crippen LogP contribution >= 0.6 is 0 Å². The highest BCUT2D eigenvalue weighted by Gasteiger charge is 2.18. The van der Waals surface area contributed by atoms with E-state index in [4.69, 9.17) is 10.00 Å². The van der Waals surface area contributed by atoms with Gasteiger partial charge in [0.1, 0.15) is 5.60 Å². The van der Waals surface area contributed by atoms with Gasteiger partial charge in [-0.05, 0) is 39.3 Å². The lowest BCUT2D eigenvalue weighted by Gasteiger charge is -2.20. The number of anilines is 1. The Balaban J connectivity index is 2.86. The molecule has 0 aliphatic rings. The van der Waals surface area contributed by atoms with Gasteiger partial charge < -0.3 is 4.74 Å². The predicted octanol–water partition coefficient (Wildman–Crippen LogP) is 3.66. The van der Waals surface area contributed by atoms with Gasteiger partial charge in [0.25, 0.3) is 0 Å². The molecule has 96 valence electrons. The van der Waals surface area contributed by atoms with Crippen LogP contribution < -0.4 is 5.32 Å². The molecule has 0 spiro atoms. The van der Waals surface area contributed by atoms with Crippen LogP contribution in [0.15, 0.2) is 24.3 Å². The number of carbonyl (C=O) groups is 1. The van der Waals surface area contributed by atoms with Gasteiger partial charge in [0.05, 0.1) is 12.0 Å². The lowest BCUT2D eigenvalue weighted by Crippen LogP contribution is -2.27. The molecular weight excluding hydrogens is 228 g/mol. The smallest absolute Gasteiger partial charge is 0.412 e. The Labute approximate surface area is 108 Å². The Hall–Kier alpha value is -2.02. The summed E-state index contributed by atoms with van der Waals surface area (Å²) in [5.41, 5.74) is 0.853. The van der Waals surface area contributed by atoms with Crippen LogP contribution in [0.25, 0.3) is 0 Å². The Bertz CT molecular complexity index is 469. The number of nitrogens with zero attached hydrogens (tertiary/aromatic N) is 1. The average Bonchev–Trinajstić information content (AvgIpc) is 2.26. The van der Waals surface area contributed by atoms with E-state index in [0.717, 1.165) is 5.56 Å². The summed E-state index contributed by atoms with van der Waals surface area (Å²) in [5.74, 6) is -0.281. The molecule has 1 atom stereocenters. The molecule has 0 aliphatic heterocycles. The number of nitriles is 1. The third-order valence-corrected chi connectivity index (χ3v) is 2.26. The van der Waals surface area contributed by atoms with Gasteiger partial charge in [0.2, 0.25) is 0 Å². The summed E-state index contributed by atoms with van der Waals surface area (Å²) in [6.07, 6.45) is -0.514. The van der Waals surface area contributed by atoms with Gasteiger partial charge in [-0.2, -0.15) is 5.26 Å². The molecule has 1 amide bonds. The summed E-state index contributed by atoms with van der Waals surface area (Å²) in [4.78, 5) is 11.7. The molecule has 4 heteroatoms. The monoisotopic (exact) mass is 246 g/mol.